The molecule has 15 heavy (non-hydrogen) atoms. The van der Waals surface area contributed by atoms with Crippen molar-refractivity contribution in [2.24, 2.45) is 11.7 Å². The average Bonchev–Trinajstić information content (AvgIpc) is 2.98. The Morgan fingerprint density at radius 2 is 2.13 bits per heavy atom. The van der Waals surface area contributed by atoms with Crippen molar-refractivity contribution in [1.82, 2.24) is 9.80 Å². The zero-order valence-electron chi connectivity index (χ0n) is 9.99. The first kappa shape index (κ1) is 11.4. The van der Waals surface area contributed by atoms with Crippen molar-refractivity contribution in [3.8, 4) is 0 Å². The van der Waals surface area contributed by atoms with Crippen LogP contribution in [0.15, 0.2) is 0 Å². The molecule has 1 heterocycles. The van der Waals surface area contributed by atoms with Gasteiger partial charge in [-0.1, -0.05) is 6.92 Å². The van der Waals surface area contributed by atoms with Crippen LogP contribution in [-0.4, -0.2) is 55.1 Å². The van der Waals surface area contributed by atoms with Gasteiger partial charge in [-0.2, -0.15) is 0 Å². The third-order valence-corrected chi connectivity index (χ3v) is 3.88. The first-order chi connectivity index (χ1) is 7.33. The van der Waals surface area contributed by atoms with Crippen LogP contribution in [0.5, 0.6) is 0 Å². The van der Waals surface area contributed by atoms with Crippen molar-refractivity contribution in [3.63, 3.8) is 0 Å². The van der Waals surface area contributed by atoms with E-state index in [0.29, 0.717) is 0 Å². The largest absolute Gasteiger partial charge is 0.330 e. The molecule has 0 radical (unpaired) electrons. The molecule has 1 atom stereocenters. The Hall–Kier alpha value is -0.120. The van der Waals surface area contributed by atoms with Crippen LogP contribution in [0.4, 0.5) is 0 Å². The maximum atomic E-state index is 5.70. The molecule has 0 aromatic carbocycles. The average molecular weight is 211 g/mol. The minimum Gasteiger partial charge on any atom is -0.330 e. The summed E-state index contributed by atoms with van der Waals surface area (Å²) in [5.74, 6) is 0.765. The highest BCUT2D eigenvalue weighted by atomic mass is 15.2. The first-order valence-corrected chi connectivity index (χ1v) is 6.50. The van der Waals surface area contributed by atoms with E-state index >= 15 is 0 Å². The van der Waals surface area contributed by atoms with Crippen LogP contribution in [0, 0.1) is 5.92 Å². The number of likely N-dealkylation sites (tertiary alicyclic amines) is 1. The van der Waals surface area contributed by atoms with E-state index in [2.05, 4.69) is 16.7 Å². The fourth-order valence-corrected chi connectivity index (χ4v) is 2.62. The lowest BCUT2D eigenvalue weighted by molar-refractivity contribution is 0.222. The second-order valence-corrected chi connectivity index (χ2v) is 5.05. The molecule has 2 rings (SSSR count). The molecule has 0 bridgehead atoms. The molecule has 0 amide bonds. The minimum atomic E-state index is 0.765. The van der Waals surface area contributed by atoms with Gasteiger partial charge in [0.15, 0.2) is 0 Å². The van der Waals surface area contributed by atoms with E-state index in [1.165, 1.54) is 52.0 Å². The molecular formula is C12H25N3. The van der Waals surface area contributed by atoms with Gasteiger partial charge in [-0.25, -0.2) is 0 Å². The number of rotatable bonds is 6. The standard InChI is InChI=1S/C12H25N3/c1-2-15(12-3-4-12)8-7-14-6-5-11(9-13)10-14/h11-12H,2-10,13H2,1H3. The van der Waals surface area contributed by atoms with Gasteiger partial charge in [-0.15, -0.1) is 0 Å². The Bertz CT molecular complexity index is 191. The van der Waals surface area contributed by atoms with Crippen molar-refractivity contribution in [2.45, 2.75) is 32.2 Å². The predicted molar refractivity (Wildman–Crippen MR) is 63.9 cm³/mol. The van der Waals surface area contributed by atoms with Crippen molar-refractivity contribution >= 4 is 0 Å². The molecule has 1 unspecified atom stereocenters. The Morgan fingerprint density at radius 1 is 1.33 bits per heavy atom. The van der Waals surface area contributed by atoms with E-state index in [0.717, 1.165) is 18.5 Å². The number of nitrogens with two attached hydrogens (primary N) is 1. The molecule has 0 aromatic rings. The summed E-state index contributed by atoms with van der Waals surface area (Å²) in [4.78, 5) is 5.22. The van der Waals surface area contributed by atoms with Gasteiger partial charge in [-0.05, 0) is 44.8 Å². The lowest BCUT2D eigenvalue weighted by Gasteiger charge is -2.23. The van der Waals surface area contributed by atoms with E-state index in [-0.39, 0.29) is 0 Å². The molecule has 2 N–H and O–H groups in total. The predicted octanol–water partition coefficient (Wildman–Crippen LogP) is 0.751. The van der Waals surface area contributed by atoms with Gasteiger partial charge in [-0.3, -0.25) is 4.90 Å². The summed E-state index contributed by atoms with van der Waals surface area (Å²) in [5, 5.41) is 0. The summed E-state index contributed by atoms with van der Waals surface area (Å²) >= 11 is 0. The maximum Gasteiger partial charge on any atom is 0.0112 e. The molecule has 1 aliphatic heterocycles. The molecule has 2 fully saturated rings. The SMILES string of the molecule is CCN(CCN1CCC(CN)C1)C1CC1. The third-order valence-electron chi connectivity index (χ3n) is 3.88. The Morgan fingerprint density at radius 3 is 2.67 bits per heavy atom. The molecule has 88 valence electrons. The molecule has 1 aliphatic carbocycles. The van der Waals surface area contributed by atoms with E-state index in [9.17, 15) is 0 Å². The normalized spacial score (nSPS) is 27.8. The van der Waals surface area contributed by atoms with Crippen LogP contribution in [0.2, 0.25) is 0 Å². The van der Waals surface area contributed by atoms with Gasteiger partial charge in [0.25, 0.3) is 0 Å². The van der Waals surface area contributed by atoms with Crippen LogP contribution < -0.4 is 5.73 Å². The summed E-state index contributed by atoms with van der Waals surface area (Å²) in [6, 6.07) is 0.919. The van der Waals surface area contributed by atoms with Crippen LogP contribution in [-0.2, 0) is 0 Å². The van der Waals surface area contributed by atoms with Crippen LogP contribution >= 0.6 is 0 Å². The number of likely N-dealkylation sites (N-methyl/N-ethyl adjacent to an activating group) is 1. The fourth-order valence-electron chi connectivity index (χ4n) is 2.62. The minimum absolute atomic E-state index is 0.765. The number of hydrogen-bond acceptors (Lipinski definition) is 3. The topological polar surface area (TPSA) is 32.5 Å². The van der Waals surface area contributed by atoms with Gasteiger partial charge in [0, 0.05) is 25.7 Å². The highest BCUT2D eigenvalue weighted by Crippen LogP contribution is 2.26. The maximum absolute atomic E-state index is 5.70. The van der Waals surface area contributed by atoms with Crippen LogP contribution in [0.25, 0.3) is 0 Å². The summed E-state index contributed by atoms with van der Waals surface area (Å²) in [6.45, 7) is 9.39. The van der Waals surface area contributed by atoms with Gasteiger partial charge in [0.05, 0.1) is 0 Å². The van der Waals surface area contributed by atoms with Gasteiger partial charge in [0.1, 0.15) is 0 Å². The zero-order chi connectivity index (χ0) is 10.7. The van der Waals surface area contributed by atoms with Crippen molar-refractivity contribution in [1.29, 1.82) is 0 Å². The van der Waals surface area contributed by atoms with E-state index in [1.807, 2.05) is 0 Å². The third kappa shape index (κ3) is 3.16. The second-order valence-electron chi connectivity index (χ2n) is 5.05. The number of nitrogens with zero attached hydrogens (tertiary/aromatic N) is 2. The monoisotopic (exact) mass is 211 g/mol. The smallest absolute Gasteiger partial charge is 0.0112 e. The quantitative estimate of drug-likeness (QED) is 0.704. The molecular weight excluding hydrogens is 186 g/mol. The van der Waals surface area contributed by atoms with Crippen molar-refractivity contribution in [2.75, 3.05) is 39.3 Å². The molecule has 0 aromatic heterocycles. The fraction of sp³-hybridized carbons (Fsp3) is 1.00. The Balaban J connectivity index is 1.64. The highest BCUT2D eigenvalue weighted by Gasteiger charge is 2.28. The molecule has 0 spiro atoms. The summed E-state index contributed by atoms with van der Waals surface area (Å²) in [5.41, 5.74) is 5.70. The molecule has 2 aliphatic rings. The summed E-state index contributed by atoms with van der Waals surface area (Å²) in [6.07, 6.45) is 4.17. The molecule has 3 nitrogen and oxygen atoms in total. The Labute approximate surface area is 93.6 Å². The highest BCUT2D eigenvalue weighted by molar-refractivity contribution is 4.85. The molecule has 3 heteroatoms. The summed E-state index contributed by atoms with van der Waals surface area (Å²) in [7, 11) is 0. The van der Waals surface area contributed by atoms with Gasteiger partial charge < -0.3 is 10.6 Å². The van der Waals surface area contributed by atoms with E-state index in [4.69, 9.17) is 5.73 Å². The summed E-state index contributed by atoms with van der Waals surface area (Å²) < 4.78 is 0. The molecule has 1 saturated heterocycles. The van der Waals surface area contributed by atoms with Crippen molar-refractivity contribution in [3.05, 3.63) is 0 Å². The number of hydrogen-bond donors (Lipinski definition) is 1. The zero-order valence-corrected chi connectivity index (χ0v) is 9.99. The molecule has 1 saturated carbocycles. The second kappa shape index (κ2) is 5.28. The lowest BCUT2D eigenvalue weighted by atomic mass is 10.1. The van der Waals surface area contributed by atoms with Crippen LogP contribution in [0.1, 0.15) is 26.2 Å². The van der Waals surface area contributed by atoms with E-state index in [1.54, 1.807) is 0 Å². The first-order valence-electron chi connectivity index (χ1n) is 6.50. The van der Waals surface area contributed by atoms with Crippen LogP contribution in [0.3, 0.4) is 0 Å². The van der Waals surface area contributed by atoms with Gasteiger partial charge >= 0.3 is 0 Å². The lowest BCUT2D eigenvalue weighted by Crippen LogP contribution is -2.35. The Kier molecular flexibility index (Phi) is 4.00. The van der Waals surface area contributed by atoms with E-state index < -0.39 is 0 Å². The van der Waals surface area contributed by atoms with Crippen molar-refractivity contribution < 1.29 is 0 Å². The van der Waals surface area contributed by atoms with Gasteiger partial charge in [0.2, 0.25) is 0 Å².